The summed E-state index contributed by atoms with van der Waals surface area (Å²) in [5.74, 6) is -1.82. The van der Waals surface area contributed by atoms with Gasteiger partial charge in [0.2, 0.25) is 0 Å². The number of aliphatic carboxylic acids is 1. The van der Waals surface area contributed by atoms with E-state index in [9.17, 15) is 14.0 Å². The normalized spacial score (nSPS) is 20.0. The fourth-order valence-electron chi connectivity index (χ4n) is 0.602. The summed E-state index contributed by atoms with van der Waals surface area (Å²) in [5.41, 5.74) is 0. The summed E-state index contributed by atoms with van der Waals surface area (Å²) < 4.78 is 12.3. The Morgan fingerprint density at radius 1 is 1.23 bits per heavy atom. The number of hydrogen-bond acceptors (Lipinski definition) is 5. The van der Waals surface area contributed by atoms with Crippen LogP contribution in [0.5, 0.6) is 0 Å². The van der Waals surface area contributed by atoms with Gasteiger partial charge in [-0.3, -0.25) is 0 Å². The van der Waals surface area contributed by atoms with Crippen molar-refractivity contribution in [3.63, 3.8) is 0 Å². The molecule has 6 nitrogen and oxygen atoms in total. The van der Waals surface area contributed by atoms with E-state index in [1.807, 2.05) is 0 Å². The SMILES string of the molecule is O=C[C@H](F)[C@@H](O)[C@H](O)[C@H](O)C(=O)O. The fourth-order valence-corrected chi connectivity index (χ4v) is 0.602. The third kappa shape index (κ3) is 3.05. The van der Waals surface area contributed by atoms with Crippen LogP contribution in [0.2, 0.25) is 0 Å². The van der Waals surface area contributed by atoms with Gasteiger partial charge < -0.3 is 25.2 Å². The zero-order valence-corrected chi connectivity index (χ0v) is 6.37. The van der Waals surface area contributed by atoms with Crippen molar-refractivity contribution in [3.8, 4) is 0 Å². The van der Waals surface area contributed by atoms with Gasteiger partial charge in [-0.05, 0) is 0 Å². The van der Waals surface area contributed by atoms with Crippen LogP contribution in [-0.4, -0.2) is 57.2 Å². The van der Waals surface area contributed by atoms with E-state index in [4.69, 9.17) is 20.4 Å². The van der Waals surface area contributed by atoms with Crippen LogP contribution in [0.25, 0.3) is 0 Å². The zero-order chi connectivity index (χ0) is 10.6. The van der Waals surface area contributed by atoms with Gasteiger partial charge >= 0.3 is 5.97 Å². The van der Waals surface area contributed by atoms with Gasteiger partial charge in [-0.1, -0.05) is 0 Å². The molecule has 0 aromatic rings. The van der Waals surface area contributed by atoms with Gasteiger partial charge in [-0.2, -0.15) is 0 Å². The molecule has 76 valence electrons. The molecule has 0 radical (unpaired) electrons. The molecule has 0 unspecified atom stereocenters. The van der Waals surface area contributed by atoms with Crippen molar-refractivity contribution in [2.75, 3.05) is 0 Å². The second kappa shape index (κ2) is 4.85. The third-order valence-electron chi connectivity index (χ3n) is 1.38. The Balaban J connectivity index is 4.32. The van der Waals surface area contributed by atoms with Crippen molar-refractivity contribution in [2.24, 2.45) is 0 Å². The molecular weight excluding hydrogens is 187 g/mol. The lowest BCUT2D eigenvalue weighted by Gasteiger charge is -2.20. The molecule has 4 N–H and O–H groups in total. The zero-order valence-electron chi connectivity index (χ0n) is 6.37. The lowest BCUT2D eigenvalue weighted by atomic mass is 10.1. The number of rotatable bonds is 5. The number of aliphatic hydroxyl groups excluding tert-OH is 3. The molecule has 0 saturated carbocycles. The highest BCUT2D eigenvalue weighted by Gasteiger charge is 2.34. The number of carbonyl (C=O) groups is 2. The molecule has 13 heavy (non-hydrogen) atoms. The molecular formula is C6H9FO6. The van der Waals surface area contributed by atoms with Gasteiger partial charge in [0.25, 0.3) is 0 Å². The highest BCUT2D eigenvalue weighted by Crippen LogP contribution is 2.06. The molecule has 7 heteroatoms. The first kappa shape index (κ1) is 11.9. The number of carbonyl (C=O) groups excluding carboxylic acids is 1. The monoisotopic (exact) mass is 196 g/mol. The number of hydrogen-bond donors (Lipinski definition) is 4. The van der Waals surface area contributed by atoms with Gasteiger partial charge in [-0.15, -0.1) is 0 Å². The summed E-state index contributed by atoms with van der Waals surface area (Å²) in [4.78, 5) is 19.8. The number of carboxylic acid groups (broad SMARTS) is 1. The fraction of sp³-hybridized carbons (Fsp3) is 0.667. The maximum absolute atomic E-state index is 12.3. The maximum atomic E-state index is 12.3. The highest BCUT2D eigenvalue weighted by atomic mass is 19.1. The Bertz CT molecular complexity index is 196. The van der Waals surface area contributed by atoms with E-state index in [2.05, 4.69) is 0 Å². The first-order valence-electron chi connectivity index (χ1n) is 3.28. The van der Waals surface area contributed by atoms with Crippen molar-refractivity contribution < 1.29 is 34.4 Å². The predicted octanol–water partition coefficient (Wildman–Crippen LogP) is -2.31. The maximum Gasteiger partial charge on any atom is 0.335 e. The van der Waals surface area contributed by atoms with E-state index in [-0.39, 0.29) is 6.29 Å². The molecule has 4 atom stereocenters. The molecule has 0 aliphatic heterocycles. The summed E-state index contributed by atoms with van der Waals surface area (Å²) in [7, 11) is 0. The number of carboxylic acids is 1. The molecule has 0 saturated heterocycles. The van der Waals surface area contributed by atoms with Crippen LogP contribution >= 0.6 is 0 Å². The van der Waals surface area contributed by atoms with Crippen LogP contribution in [-0.2, 0) is 9.59 Å². The summed E-state index contributed by atoms with van der Waals surface area (Å²) >= 11 is 0. The molecule has 0 heterocycles. The van der Waals surface area contributed by atoms with Crippen molar-refractivity contribution in [1.29, 1.82) is 0 Å². The lowest BCUT2D eigenvalue weighted by molar-refractivity contribution is -0.161. The number of alkyl halides is 1. The average molecular weight is 196 g/mol. The van der Waals surface area contributed by atoms with E-state index < -0.39 is 30.5 Å². The minimum absolute atomic E-state index is 0.303. The Hall–Kier alpha value is -1.05. The van der Waals surface area contributed by atoms with Crippen LogP contribution in [0.3, 0.4) is 0 Å². The van der Waals surface area contributed by atoms with E-state index in [1.54, 1.807) is 0 Å². The molecule has 0 aromatic carbocycles. The highest BCUT2D eigenvalue weighted by molar-refractivity contribution is 5.73. The standard InChI is InChI=1S/C6H9FO6/c7-2(1-8)3(9)4(10)5(11)6(12)13/h1-5,9-11H,(H,12,13)/t2-,3+,4-,5-/m0/s1. The topological polar surface area (TPSA) is 115 Å². The minimum atomic E-state index is -2.43. The number of halogens is 1. The Morgan fingerprint density at radius 3 is 2.00 bits per heavy atom. The first-order valence-corrected chi connectivity index (χ1v) is 3.28. The van der Waals surface area contributed by atoms with E-state index in [0.29, 0.717) is 0 Å². The van der Waals surface area contributed by atoms with Crippen molar-refractivity contribution in [2.45, 2.75) is 24.5 Å². The predicted molar refractivity (Wildman–Crippen MR) is 36.6 cm³/mol. The summed E-state index contributed by atoms with van der Waals surface area (Å²) in [5, 5.41) is 34.2. The van der Waals surface area contributed by atoms with E-state index in [0.717, 1.165) is 0 Å². The molecule has 0 fully saturated rings. The quantitative estimate of drug-likeness (QED) is 0.367. The summed E-state index contributed by atoms with van der Waals surface area (Å²) in [6, 6.07) is 0. The largest absolute Gasteiger partial charge is 0.479 e. The Kier molecular flexibility index (Phi) is 4.46. The third-order valence-corrected chi connectivity index (χ3v) is 1.38. The van der Waals surface area contributed by atoms with Gasteiger partial charge in [0, 0.05) is 0 Å². The van der Waals surface area contributed by atoms with Gasteiger partial charge in [0.05, 0.1) is 0 Å². The van der Waals surface area contributed by atoms with E-state index >= 15 is 0 Å². The van der Waals surface area contributed by atoms with Gasteiger partial charge in [0.1, 0.15) is 12.2 Å². The number of aldehydes is 1. The van der Waals surface area contributed by atoms with Crippen LogP contribution in [0, 0.1) is 0 Å². The van der Waals surface area contributed by atoms with Crippen LogP contribution in [0.1, 0.15) is 0 Å². The average Bonchev–Trinajstić information content (AvgIpc) is 2.12. The Labute approximate surface area is 72.2 Å². The number of aliphatic hydroxyl groups is 3. The van der Waals surface area contributed by atoms with Crippen molar-refractivity contribution in [1.82, 2.24) is 0 Å². The Morgan fingerprint density at radius 2 is 1.69 bits per heavy atom. The molecule has 0 rings (SSSR count). The lowest BCUT2D eigenvalue weighted by Crippen LogP contribution is -2.46. The molecule has 0 aliphatic carbocycles. The second-order valence-electron chi connectivity index (χ2n) is 2.34. The molecule has 0 amide bonds. The molecule has 0 aromatic heterocycles. The van der Waals surface area contributed by atoms with Crippen LogP contribution < -0.4 is 0 Å². The smallest absolute Gasteiger partial charge is 0.335 e. The second-order valence-corrected chi connectivity index (χ2v) is 2.34. The van der Waals surface area contributed by atoms with Crippen LogP contribution in [0.15, 0.2) is 0 Å². The summed E-state index contributed by atoms with van der Waals surface area (Å²) in [6.07, 6.45) is -9.54. The minimum Gasteiger partial charge on any atom is -0.479 e. The molecule has 0 bridgehead atoms. The van der Waals surface area contributed by atoms with Gasteiger partial charge in [-0.25, -0.2) is 9.18 Å². The molecule has 0 spiro atoms. The van der Waals surface area contributed by atoms with E-state index in [1.165, 1.54) is 0 Å². The summed E-state index contributed by atoms with van der Waals surface area (Å²) in [6.45, 7) is 0. The molecule has 0 aliphatic rings. The van der Waals surface area contributed by atoms with Crippen LogP contribution in [0.4, 0.5) is 4.39 Å². The van der Waals surface area contributed by atoms with Crippen molar-refractivity contribution in [3.05, 3.63) is 0 Å². The first-order chi connectivity index (χ1) is 5.91. The van der Waals surface area contributed by atoms with Crippen molar-refractivity contribution >= 4 is 12.3 Å². The van der Waals surface area contributed by atoms with Gasteiger partial charge in [0.15, 0.2) is 18.6 Å².